The summed E-state index contributed by atoms with van der Waals surface area (Å²) in [5.74, 6) is 0.0943. The van der Waals surface area contributed by atoms with E-state index in [9.17, 15) is 4.79 Å². The van der Waals surface area contributed by atoms with E-state index in [2.05, 4.69) is 10.3 Å². The highest BCUT2D eigenvalue weighted by Crippen LogP contribution is 2.30. The van der Waals surface area contributed by atoms with Gasteiger partial charge in [0.05, 0.1) is 30.6 Å². The van der Waals surface area contributed by atoms with Crippen molar-refractivity contribution in [3.8, 4) is 0 Å². The zero-order valence-corrected chi connectivity index (χ0v) is 13.4. The number of amides is 1. The number of hydrogen-bond donors (Lipinski definition) is 0. The van der Waals surface area contributed by atoms with Crippen LogP contribution in [0, 0.1) is 13.8 Å². The summed E-state index contributed by atoms with van der Waals surface area (Å²) in [7, 11) is 0. The number of hydrogen-bond acceptors (Lipinski definition) is 4. The molecule has 1 aromatic heterocycles. The number of likely N-dealkylation sites (tertiary alicyclic amines) is 1. The second kappa shape index (κ2) is 5.45. The average molecular weight is 312 g/mol. The van der Waals surface area contributed by atoms with Crippen molar-refractivity contribution >= 4 is 5.91 Å². The second-order valence-electron chi connectivity index (χ2n) is 6.44. The van der Waals surface area contributed by atoms with E-state index in [-0.39, 0.29) is 18.1 Å². The molecule has 2 aromatic rings. The van der Waals surface area contributed by atoms with Gasteiger partial charge in [-0.1, -0.05) is 22.9 Å². The van der Waals surface area contributed by atoms with E-state index >= 15 is 0 Å². The van der Waals surface area contributed by atoms with Gasteiger partial charge in [0.2, 0.25) is 0 Å². The van der Waals surface area contributed by atoms with E-state index in [0.717, 1.165) is 35.3 Å². The molecule has 1 fully saturated rings. The summed E-state index contributed by atoms with van der Waals surface area (Å²) in [4.78, 5) is 14.9. The fourth-order valence-corrected chi connectivity index (χ4v) is 3.50. The molecule has 4 rings (SSSR count). The Hall–Kier alpha value is -2.21. The van der Waals surface area contributed by atoms with Crippen molar-refractivity contribution in [1.82, 2.24) is 19.9 Å². The lowest BCUT2D eigenvalue weighted by Crippen LogP contribution is -2.50. The smallest absolute Gasteiger partial charge is 0.254 e. The Morgan fingerprint density at radius 3 is 3.09 bits per heavy atom. The highest BCUT2D eigenvalue weighted by Gasteiger charge is 2.38. The molecule has 6 heteroatoms. The molecule has 3 heterocycles. The maximum Gasteiger partial charge on any atom is 0.254 e. The summed E-state index contributed by atoms with van der Waals surface area (Å²) in [6.45, 7) is 5.89. The summed E-state index contributed by atoms with van der Waals surface area (Å²) in [6, 6.07) is 6.08. The Morgan fingerprint density at radius 2 is 2.22 bits per heavy atom. The molecule has 0 saturated carbocycles. The molecule has 2 aliphatic rings. The number of carbonyl (C=O) groups is 1. The molecule has 1 aromatic carbocycles. The molecule has 0 spiro atoms. The molecule has 0 radical (unpaired) electrons. The summed E-state index contributed by atoms with van der Waals surface area (Å²) >= 11 is 0. The van der Waals surface area contributed by atoms with E-state index < -0.39 is 0 Å². The molecule has 0 aliphatic carbocycles. The van der Waals surface area contributed by atoms with Crippen LogP contribution in [0.1, 0.15) is 39.6 Å². The summed E-state index contributed by atoms with van der Waals surface area (Å²) < 4.78 is 7.83. The van der Waals surface area contributed by atoms with Crippen molar-refractivity contribution in [2.75, 3.05) is 13.1 Å². The van der Waals surface area contributed by atoms with Gasteiger partial charge in [0.15, 0.2) is 0 Å². The molecule has 1 amide bonds. The number of carbonyl (C=O) groups excluding carboxylic acids is 1. The summed E-state index contributed by atoms with van der Waals surface area (Å²) in [5, 5.41) is 8.17. The number of nitrogens with zero attached hydrogens (tertiary/aromatic N) is 4. The van der Waals surface area contributed by atoms with Gasteiger partial charge in [-0.15, -0.1) is 5.10 Å². The van der Waals surface area contributed by atoms with Crippen LogP contribution in [-0.4, -0.2) is 45.0 Å². The standard InChI is InChI=1S/C17H20N4O2/c1-11-3-4-12(2)14(7-11)17(22)20-6-5-16-15(9-20)21-13(10-23-16)8-18-19-21/h3-4,7-8,15-16H,5-6,9-10H2,1-2H3. The van der Waals surface area contributed by atoms with Gasteiger partial charge >= 0.3 is 0 Å². The van der Waals surface area contributed by atoms with Gasteiger partial charge in [-0.2, -0.15) is 0 Å². The highest BCUT2D eigenvalue weighted by atomic mass is 16.5. The van der Waals surface area contributed by atoms with Gasteiger partial charge < -0.3 is 9.64 Å². The van der Waals surface area contributed by atoms with E-state index in [1.807, 2.05) is 41.6 Å². The first-order valence-electron chi connectivity index (χ1n) is 8.00. The first-order valence-corrected chi connectivity index (χ1v) is 8.00. The Kier molecular flexibility index (Phi) is 3.41. The van der Waals surface area contributed by atoms with Gasteiger partial charge in [-0.3, -0.25) is 4.79 Å². The van der Waals surface area contributed by atoms with Crippen LogP contribution in [0.3, 0.4) is 0 Å². The lowest BCUT2D eigenvalue weighted by molar-refractivity contribution is -0.0605. The SMILES string of the molecule is Cc1ccc(C)c(C(=O)N2CCC3OCc4cnnn4C3C2)c1. The molecule has 0 bridgehead atoms. The minimum atomic E-state index is 0.0593. The lowest BCUT2D eigenvalue weighted by atomic mass is 9.98. The summed E-state index contributed by atoms with van der Waals surface area (Å²) in [5.41, 5.74) is 3.89. The average Bonchev–Trinajstić information content (AvgIpc) is 3.05. The second-order valence-corrected chi connectivity index (χ2v) is 6.44. The van der Waals surface area contributed by atoms with Gasteiger partial charge in [-0.25, -0.2) is 4.68 Å². The van der Waals surface area contributed by atoms with Crippen LogP contribution in [-0.2, 0) is 11.3 Å². The number of fused-ring (bicyclic) bond motifs is 3. The molecule has 2 aliphatic heterocycles. The third-order valence-corrected chi connectivity index (χ3v) is 4.84. The first-order chi connectivity index (χ1) is 11.1. The Bertz CT molecular complexity index is 755. The number of ether oxygens (including phenoxy) is 1. The van der Waals surface area contributed by atoms with E-state index in [0.29, 0.717) is 13.2 Å². The predicted octanol–water partition coefficient (Wildman–Crippen LogP) is 1.88. The number of benzene rings is 1. The fraction of sp³-hybridized carbons (Fsp3) is 0.471. The Morgan fingerprint density at radius 1 is 1.35 bits per heavy atom. The van der Waals surface area contributed by atoms with Crippen LogP contribution in [0.25, 0.3) is 0 Å². The van der Waals surface area contributed by atoms with Crippen LogP contribution in [0.15, 0.2) is 24.4 Å². The maximum atomic E-state index is 12.9. The molecule has 1 saturated heterocycles. The number of aryl methyl sites for hydroxylation is 2. The Labute approximate surface area is 135 Å². The van der Waals surface area contributed by atoms with Crippen molar-refractivity contribution < 1.29 is 9.53 Å². The van der Waals surface area contributed by atoms with E-state index in [1.54, 1.807) is 6.20 Å². The third-order valence-electron chi connectivity index (χ3n) is 4.84. The minimum absolute atomic E-state index is 0.0593. The molecular formula is C17H20N4O2. The van der Waals surface area contributed by atoms with Gasteiger partial charge in [0.1, 0.15) is 0 Å². The monoisotopic (exact) mass is 312 g/mol. The van der Waals surface area contributed by atoms with Crippen molar-refractivity contribution in [1.29, 1.82) is 0 Å². The molecule has 0 N–H and O–H groups in total. The maximum absolute atomic E-state index is 12.9. The van der Waals surface area contributed by atoms with Gasteiger partial charge in [0.25, 0.3) is 5.91 Å². The molecule has 120 valence electrons. The number of rotatable bonds is 1. The van der Waals surface area contributed by atoms with Crippen LogP contribution >= 0.6 is 0 Å². The zero-order chi connectivity index (χ0) is 16.0. The van der Waals surface area contributed by atoms with Crippen molar-refractivity contribution in [2.24, 2.45) is 0 Å². The normalized spacial score (nSPS) is 23.3. The largest absolute Gasteiger partial charge is 0.370 e. The lowest BCUT2D eigenvalue weighted by Gasteiger charge is -2.41. The summed E-state index contributed by atoms with van der Waals surface area (Å²) in [6.07, 6.45) is 2.69. The fourth-order valence-electron chi connectivity index (χ4n) is 3.50. The van der Waals surface area contributed by atoms with Crippen molar-refractivity contribution in [2.45, 2.75) is 39.0 Å². The van der Waals surface area contributed by atoms with Crippen molar-refractivity contribution in [3.63, 3.8) is 0 Å². The zero-order valence-electron chi connectivity index (χ0n) is 13.4. The van der Waals surface area contributed by atoms with Gasteiger partial charge in [0, 0.05) is 18.7 Å². The highest BCUT2D eigenvalue weighted by molar-refractivity contribution is 5.96. The van der Waals surface area contributed by atoms with Crippen LogP contribution in [0.5, 0.6) is 0 Å². The third kappa shape index (κ3) is 2.43. The van der Waals surface area contributed by atoms with Crippen LogP contribution in [0.4, 0.5) is 0 Å². The first kappa shape index (κ1) is 14.4. The van der Waals surface area contributed by atoms with E-state index in [1.165, 1.54) is 0 Å². The molecule has 2 atom stereocenters. The molecule has 6 nitrogen and oxygen atoms in total. The van der Waals surface area contributed by atoms with Crippen LogP contribution in [0.2, 0.25) is 0 Å². The van der Waals surface area contributed by atoms with Gasteiger partial charge in [-0.05, 0) is 31.9 Å². The van der Waals surface area contributed by atoms with Crippen LogP contribution < -0.4 is 0 Å². The van der Waals surface area contributed by atoms with Crippen molar-refractivity contribution in [3.05, 3.63) is 46.8 Å². The molecule has 23 heavy (non-hydrogen) atoms. The molecule has 2 unspecified atom stereocenters. The molecular weight excluding hydrogens is 292 g/mol. The number of piperidine rings is 1. The van der Waals surface area contributed by atoms with E-state index in [4.69, 9.17) is 4.74 Å². The quantitative estimate of drug-likeness (QED) is 0.807. The predicted molar refractivity (Wildman–Crippen MR) is 84.1 cm³/mol. The topological polar surface area (TPSA) is 60.3 Å². The number of aromatic nitrogens is 3. The minimum Gasteiger partial charge on any atom is -0.370 e. The Balaban J connectivity index is 1.60.